The lowest BCUT2D eigenvalue weighted by atomic mass is 10.1. The Labute approximate surface area is 141 Å². The SMILES string of the molecule is Cc1nnc(Nc2ccc(I)cc2Cl)c(C(N)=S)c1C. The minimum absolute atomic E-state index is 0.282. The lowest BCUT2D eigenvalue weighted by Gasteiger charge is -2.14. The Morgan fingerprint density at radius 2 is 2.05 bits per heavy atom. The van der Waals surface area contributed by atoms with E-state index >= 15 is 0 Å². The van der Waals surface area contributed by atoms with E-state index in [1.54, 1.807) is 0 Å². The lowest BCUT2D eigenvalue weighted by molar-refractivity contribution is 0.963. The number of anilines is 2. The average Bonchev–Trinajstić information content (AvgIpc) is 2.36. The minimum Gasteiger partial charge on any atom is -0.389 e. The van der Waals surface area contributed by atoms with Crippen molar-refractivity contribution < 1.29 is 0 Å². The molecule has 104 valence electrons. The Morgan fingerprint density at radius 3 is 2.65 bits per heavy atom. The van der Waals surface area contributed by atoms with Gasteiger partial charge in [-0.25, -0.2) is 0 Å². The molecule has 20 heavy (non-hydrogen) atoms. The van der Waals surface area contributed by atoms with Crippen LogP contribution in [0.5, 0.6) is 0 Å². The van der Waals surface area contributed by atoms with Crippen LogP contribution in [0.2, 0.25) is 5.02 Å². The predicted molar refractivity (Wildman–Crippen MR) is 94.8 cm³/mol. The van der Waals surface area contributed by atoms with E-state index in [9.17, 15) is 0 Å². The summed E-state index contributed by atoms with van der Waals surface area (Å²) in [7, 11) is 0. The first-order valence-electron chi connectivity index (χ1n) is 5.76. The summed E-state index contributed by atoms with van der Waals surface area (Å²) >= 11 is 13.5. The van der Waals surface area contributed by atoms with Crippen LogP contribution in [0.3, 0.4) is 0 Å². The largest absolute Gasteiger partial charge is 0.389 e. The molecule has 0 atom stereocenters. The standard InChI is InChI=1S/C13H12ClIN4S/c1-6-7(2)18-19-13(11(6)12(16)20)17-10-4-3-8(15)5-9(10)14/h3-5H,1-2H3,(H2,16,20)(H,17,19). The summed E-state index contributed by atoms with van der Waals surface area (Å²) in [4.78, 5) is 0.282. The van der Waals surface area contributed by atoms with Gasteiger partial charge in [0.1, 0.15) is 4.99 Å². The highest BCUT2D eigenvalue weighted by atomic mass is 127. The van der Waals surface area contributed by atoms with Gasteiger partial charge in [-0.3, -0.25) is 0 Å². The van der Waals surface area contributed by atoms with E-state index in [1.807, 2.05) is 32.0 Å². The highest BCUT2D eigenvalue weighted by Crippen LogP contribution is 2.28. The van der Waals surface area contributed by atoms with Gasteiger partial charge in [0.2, 0.25) is 0 Å². The van der Waals surface area contributed by atoms with Crippen molar-refractivity contribution >= 4 is 62.9 Å². The van der Waals surface area contributed by atoms with Gasteiger partial charge >= 0.3 is 0 Å². The Kier molecular flexibility index (Phi) is 4.77. The van der Waals surface area contributed by atoms with E-state index in [1.165, 1.54) is 0 Å². The van der Waals surface area contributed by atoms with Crippen LogP contribution in [0.1, 0.15) is 16.8 Å². The number of nitrogens with one attached hydrogen (secondary N) is 1. The zero-order chi connectivity index (χ0) is 14.9. The number of nitrogens with zero attached hydrogens (tertiary/aromatic N) is 2. The summed E-state index contributed by atoms with van der Waals surface area (Å²) in [6.07, 6.45) is 0. The first kappa shape index (κ1) is 15.4. The van der Waals surface area contributed by atoms with Crippen LogP contribution >= 0.6 is 46.4 Å². The fourth-order valence-electron chi connectivity index (χ4n) is 1.72. The number of thiocarbonyl (C=S) groups is 1. The lowest BCUT2D eigenvalue weighted by Crippen LogP contribution is -2.17. The smallest absolute Gasteiger partial charge is 0.163 e. The molecule has 0 aliphatic rings. The van der Waals surface area contributed by atoms with Crippen molar-refractivity contribution in [2.45, 2.75) is 13.8 Å². The maximum absolute atomic E-state index is 6.20. The molecule has 2 aromatic rings. The minimum atomic E-state index is 0.282. The van der Waals surface area contributed by atoms with E-state index < -0.39 is 0 Å². The third kappa shape index (κ3) is 3.18. The zero-order valence-corrected chi connectivity index (χ0v) is 14.6. The Hall–Kier alpha value is -0.990. The monoisotopic (exact) mass is 418 g/mol. The third-order valence-electron chi connectivity index (χ3n) is 2.89. The van der Waals surface area contributed by atoms with Crippen molar-refractivity contribution in [3.63, 3.8) is 0 Å². The van der Waals surface area contributed by atoms with Crippen molar-refractivity contribution in [3.05, 3.63) is 43.6 Å². The topological polar surface area (TPSA) is 63.8 Å². The van der Waals surface area contributed by atoms with Crippen molar-refractivity contribution in [3.8, 4) is 0 Å². The molecule has 1 aromatic carbocycles. The van der Waals surface area contributed by atoms with Gasteiger partial charge in [-0.15, -0.1) is 5.10 Å². The number of nitrogens with two attached hydrogens (primary N) is 1. The second-order valence-electron chi connectivity index (χ2n) is 4.25. The van der Waals surface area contributed by atoms with Crippen LogP contribution in [0, 0.1) is 17.4 Å². The van der Waals surface area contributed by atoms with Gasteiger partial charge in [-0.2, -0.15) is 5.10 Å². The summed E-state index contributed by atoms with van der Waals surface area (Å²) in [6, 6.07) is 5.69. The van der Waals surface area contributed by atoms with Crippen molar-refractivity contribution in [2.24, 2.45) is 5.73 Å². The first-order chi connectivity index (χ1) is 9.40. The number of hydrogen-bond donors (Lipinski definition) is 2. The molecule has 0 radical (unpaired) electrons. The number of aromatic nitrogens is 2. The van der Waals surface area contributed by atoms with Gasteiger partial charge < -0.3 is 11.1 Å². The van der Waals surface area contributed by atoms with E-state index in [2.05, 4.69) is 38.1 Å². The molecule has 0 aliphatic heterocycles. The zero-order valence-electron chi connectivity index (χ0n) is 10.9. The molecule has 0 saturated carbocycles. The molecule has 0 aliphatic carbocycles. The van der Waals surface area contributed by atoms with Gasteiger partial charge in [-0.1, -0.05) is 23.8 Å². The molecule has 7 heteroatoms. The van der Waals surface area contributed by atoms with Gasteiger partial charge in [0.25, 0.3) is 0 Å². The molecule has 4 nitrogen and oxygen atoms in total. The Balaban J connectivity index is 2.48. The number of aryl methyl sites for hydroxylation is 1. The Bertz CT molecular complexity index is 690. The first-order valence-corrected chi connectivity index (χ1v) is 7.62. The average molecular weight is 419 g/mol. The molecular weight excluding hydrogens is 407 g/mol. The molecule has 2 rings (SSSR count). The van der Waals surface area contributed by atoms with Crippen LogP contribution in [-0.2, 0) is 0 Å². The van der Waals surface area contributed by atoms with Crippen LogP contribution in [0.15, 0.2) is 18.2 Å². The fourth-order valence-corrected chi connectivity index (χ4v) is 2.87. The van der Waals surface area contributed by atoms with Crippen molar-refractivity contribution in [1.29, 1.82) is 0 Å². The highest BCUT2D eigenvalue weighted by molar-refractivity contribution is 14.1. The second-order valence-corrected chi connectivity index (χ2v) is 6.34. The maximum atomic E-state index is 6.20. The molecule has 0 saturated heterocycles. The maximum Gasteiger partial charge on any atom is 0.163 e. The van der Waals surface area contributed by atoms with Crippen LogP contribution in [-0.4, -0.2) is 15.2 Å². The normalized spacial score (nSPS) is 10.4. The quantitative estimate of drug-likeness (QED) is 0.587. The van der Waals surface area contributed by atoms with Gasteiger partial charge in [0.05, 0.1) is 22.0 Å². The Morgan fingerprint density at radius 1 is 1.35 bits per heavy atom. The van der Waals surface area contributed by atoms with E-state index in [4.69, 9.17) is 29.6 Å². The van der Waals surface area contributed by atoms with Gasteiger partial charge in [-0.05, 0) is 60.2 Å². The van der Waals surface area contributed by atoms with Crippen LogP contribution in [0.4, 0.5) is 11.5 Å². The van der Waals surface area contributed by atoms with E-state index in [0.29, 0.717) is 16.4 Å². The summed E-state index contributed by atoms with van der Waals surface area (Å²) in [6.45, 7) is 3.78. The molecule has 1 heterocycles. The van der Waals surface area contributed by atoms with Crippen LogP contribution < -0.4 is 11.1 Å². The van der Waals surface area contributed by atoms with E-state index in [0.717, 1.165) is 20.5 Å². The summed E-state index contributed by atoms with van der Waals surface area (Å²) in [5, 5.41) is 12.0. The molecule has 0 spiro atoms. The molecule has 1 aromatic heterocycles. The molecule has 0 bridgehead atoms. The molecule has 3 N–H and O–H groups in total. The van der Waals surface area contributed by atoms with Crippen LogP contribution in [0.25, 0.3) is 0 Å². The summed E-state index contributed by atoms with van der Waals surface area (Å²) in [5.41, 5.74) is 8.94. The molecule has 0 fully saturated rings. The highest BCUT2D eigenvalue weighted by Gasteiger charge is 2.14. The predicted octanol–water partition coefficient (Wildman–Crippen LogP) is 3.73. The molecule has 0 amide bonds. The number of hydrogen-bond acceptors (Lipinski definition) is 4. The van der Waals surface area contributed by atoms with Gasteiger partial charge in [0.15, 0.2) is 5.82 Å². The summed E-state index contributed by atoms with van der Waals surface area (Å²) in [5.74, 6) is 0.517. The van der Waals surface area contributed by atoms with Gasteiger partial charge in [0, 0.05) is 3.57 Å². The third-order valence-corrected chi connectivity index (χ3v) is 4.07. The number of benzene rings is 1. The second kappa shape index (κ2) is 6.19. The molecular formula is C13H12ClIN4S. The number of rotatable bonds is 3. The number of halogens is 2. The van der Waals surface area contributed by atoms with E-state index in [-0.39, 0.29) is 4.99 Å². The fraction of sp³-hybridized carbons (Fsp3) is 0.154. The van der Waals surface area contributed by atoms with Crippen molar-refractivity contribution in [2.75, 3.05) is 5.32 Å². The van der Waals surface area contributed by atoms with Crippen molar-refractivity contribution in [1.82, 2.24) is 10.2 Å². The molecule has 0 unspecified atom stereocenters. The summed E-state index contributed by atoms with van der Waals surface area (Å²) < 4.78 is 1.05.